The molecule has 1 aromatic heterocycles. The lowest BCUT2D eigenvalue weighted by molar-refractivity contribution is -0.153. The minimum absolute atomic E-state index is 0.171. The summed E-state index contributed by atoms with van der Waals surface area (Å²) in [6, 6.07) is 9.46. The molecule has 0 radical (unpaired) electrons. The third kappa shape index (κ3) is 4.53. The summed E-state index contributed by atoms with van der Waals surface area (Å²) in [6.45, 7) is 2.16. The van der Waals surface area contributed by atoms with Crippen LogP contribution in [0.2, 0.25) is 0 Å². The fraction of sp³-hybridized carbons (Fsp3) is 0.500. The molecule has 0 atom stereocenters. The highest BCUT2D eigenvalue weighted by atomic mass is 16.5. The molecule has 1 N–H and O–H groups in total. The Morgan fingerprint density at radius 3 is 2.59 bits per heavy atom. The van der Waals surface area contributed by atoms with Crippen molar-refractivity contribution in [2.24, 2.45) is 5.92 Å². The van der Waals surface area contributed by atoms with Gasteiger partial charge in [-0.1, -0.05) is 25.1 Å². The van der Waals surface area contributed by atoms with Gasteiger partial charge < -0.3 is 14.5 Å². The summed E-state index contributed by atoms with van der Waals surface area (Å²) in [5.74, 6) is 0.794. The first-order chi connectivity index (χ1) is 13.0. The summed E-state index contributed by atoms with van der Waals surface area (Å²) in [4.78, 5) is 24.7. The van der Waals surface area contributed by atoms with Crippen molar-refractivity contribution in [3.05, 3.63) is 36.2 Å². The Labute approximate surface area is 158 Å². The number of hydrogen-bond donors (Lipinski definition) is 1. The fourth-order valence-electron chi connectivity index (χ4n) is 3.43. The summed E-state index contributed by atoms with van der Waals surface area (Å²) < 4.78 is 10.6. The van der Waals surface area contributed by atoms with Gasteiger partial charge in [-0.3, -0.25) is 4.79 Å². The van der Waals surface area contributed by atoms with Crippen molar-refractivity contribution in [2.75, 3.05) is 7.11 Å². The molecule has 1 aliphatic rings. The number of esters is 1. The summed E-state index contributed by atoms with van der Waals surface area (Å²) in [6.07, 6.45) is 3.47. The van der Waals surface area contributed by atoms with Crippen LogP contribution in [0.5, 0.6) is 0 Å². The van der Waals surface area contributed by atoms with Gasteiger partial charge >= 0.3 is 5.97 Å². The van der Waals surface area contributed by atoms with Gasteiger partial charge in [-0.05, 0) is 43.7 Å². The van der Waals surface area contributed by atoms with Crippen molar-refractivity contribution in [1.82, 2.24) is 15.5 Å². The maximum atomic E-state index is 12.5. The molecule has 0 unspecified atom stereocenters. The van der Waals surface area contributed by atoms with Crippen LogP contribution in [0.15, 0.2) is 34.7 Å². The van der Waals surface area contributed by atoms with Crippen molar-refractivity contribution in [3.63, 3.8) is 0 Å². The molecule has 0 bridgehead atoms. The van der Waals surface area contributed by atoms with Gasteiger partial charge in [-0.2, -0.15) is 0 Å². The highest BCUT2D eigenvalue weighted by molar-refractivity contribution is 5.88. The number of nitrogens with one attached hydrogen (secondary N) is 1. The van der Waals surface area contributed by atoms with Crippen molar-refractivity contribution in [2.45, 2.75) is 51.0 Å². The van der Waals surface area contributed by atoms with E-state index in [0.717, 1.165) is 18.4 Å². The van der Waals surface area contributed by atoms with Crippen LogP contribution in [0.1, 0.15) is 44.9 Å². The molecular formula is C20H25N3O4. The van der Waals surface area contributed by atoms with E-state index in [0.29, 0.717) is 37.0 Å². The van der Waals surface area contributed by atoms with Crippen LogP contribution in [-0.4, -0.2) is 34.7 Å². The molecule has 1 amide bonds. The second-order valence-electron chi connectivity index (χ2n) is 7.17. The average molecular weight is 371 g/mol. The molecule has 1 fully saturated rings. The van der Waals surface area contributed by atoms with E-state index in [2.05, 4.69) is 22.4 Å². The first-order valence-electron chi connectivity index (χ1n) is 9.29. The average Bonchev–Trinajstić information content (AvgIpc) is 3.17. The smallest absolute Gasteiger partial charge is 0.331 e. The Morgan fingerprint density at radius 1 is 1.22 bits per heavy atom. The lowest BCUT2D eigenvalue weighted by atomic mass is 9.77. The van der Waals surface area contributed by atoms with E-state index in [1.807, 2.05) is 30.3 Å². The van der Waals surface area contributed by atoms with Crippen LogP contribution >= 0.6 is 0 Å². The standard InChI is InChI=1S/C20H25N3O4/c1-14-10-12-20(13-11-14,19(25)26-2)21-16(24)8-9-17-22-23-18(27-17)15-6-4-3-5-7-15/h3-7,14H,8-13H2,1-2H3,(H,21,24). The molecule has 1 aromatic carbocycles. The van der Waals surface area contributed by atoms with Crippen molar-refractivity contribution < 1.29 is 18.7 Å². The second kappa shape index (κ2) is 8.33. The molecule has 144 valence electrons. The van der Waals surface area contributed by atoms with Crippen LogP contribution in [0, 0.1) is 5.92 Å². The lowest BCUT2D eigenvalue weighted by Crippen LogP contribution is -2.56. The molecule has 0 saturated heterocycles. The third-order valence-corrected chi connectivity index (χ3v) is 5.14. The summed E-state index contributed by atoms with van der Waals surface area (Å²) in [5.41, 5.74) is -0.0794. The van der Waals surface area contributed by atoms with Crippen LogP contribution in [0.3, 0.4) is 0 Å². The molecule has 1 saturated carbocycles. The van der Waals surface area contributed by atoms with Crippen LogP contribution in [-0.2, 0) is 20.7 Å². The molecule has 7 nitrogen and oxygen atoms in total. The number of aromatic nitrogens is 2. The van der Waals surface area contributed by atoms with E-state index < -0.39 is 5.54 Å². The fourth-order valence-corrected chi connectivity index (χ4v) is 3.43. The highest BCUT2D eigenvalue weighted by Gasteiger charge is 2.43. The van der Waals surface area contributed by atoms with Gasteiger partial charge in [0.15, 0.2) is 0 Å². The van der Waals surface area contributed by atoms with Crippen LogP contribution in [0.4, 0.5) is 0 Å². The highest BCUT2D eigenvalue weighted by Crippen LogP contribution is 2.33. The molecule has 3 rings (SSSR count). The quantitative estimate of drug-likeness (QED) is 0.785. The zero-order valence-corrected chi connectivity index (χ0v) is 15.7. The predicted octanol–water partition coefficient (Wildman–Crippen LogP) is 2.91. The van der Waals surface area contributed by atoms with Crippen molar-refractivity contribution in [3.8, 4) is 11.5 Å². The number of benzene rings is 1. The largest absolute Gasteiger partial charge is 0.467 e. The molecule has 0 aliphatic heterocycles. The summed E-state index contributed by atoms with van der Waals surface area (Å²) >= 11 is 0. The van der Waals surface area contributed by atoms with E-state index in [1.54, 1.807) is 0 Å². The normalized spacial score (nSPS) is 22.2. The summed E-state index contributed by atoms with van der Waals surface area (Å²) in [5, 5.41) is 10.9. The molecule has 0 spiro atoms. The Balaban J connectivity index is 1.59. The third-order valence-electron chi connectivity index (χ3n) is 5.14. The minimum atomic E-state index is -0.914. The van der Waals surface area contributed by atoms with Gasteiger partial charge in [0.25, 0.3) is 0 Å². The maximum absolute atomic E-state index is 12.5. The molecule has 1 heterocycles. The van der Waals surface area contributed by atoms with E-state index in [1.165, 1.54) is 7.11 Å². The Hall–Kier alpha value is -2.70. The molecule has 1 aliphatic carbocycles. The van der Waals surface area contributed by atoms with Crippen molar-refractivity contribution in [1.29, 1.82) is 0 Å². The SMILES string of the molecule is COC(=O)C1(NC(=O)CCc2nnc(-c3ccccc3)o2)CCC(C)CC1. The Morgan fingerprint density at radius 2 is 1.93 bits per heavy atom. The van der Waals surface area contributed by atoms with E-state index in [-0.39, 0.29) is 18.3 Å². The monoisotopic (exact) mass is 371 g/mol. The van der Waals surface area contributed by atoms with E-state index >= 15 is 0 Å². The van der Waals surface area contributed by atoms with Crippen LogP contribution in [0.25, 0.3) is 11.5 Å². The number of ether oxygens (including phenoxy) is 1. The predicted molar refractivity (Wildman–Crippen MR) is 98.6 cm³/mol. The van der Waals surface area contributed by atoms with E-state index in [9.17, 15) is 9.59 Å². The van der Waals surface area contributed by atoms with Crippen molar-refractivity contribution >= 4 is 11.9 Å². The van der Waals surface area contributed by atoms with Gasteiger partial charge in [0.1, 0.15) is 5.54 Å². The first kappa shape index (κ1) is 19.1. The van der Waals surface area contributed by atoms with Gasteiger partial charge in [0.05, 0.1) is 7.11 Å². The second-order valence-corrected chi connectivity index (χ2v) is 7.17. The number of amides is 1. The van der Waals surface area contributed by atoms with E-state index in [4.69, 9.17) is 9.15 Å². The Bertz CT molecular complexity index is 780. The number of aryl methyl sites for hydroxylation is 1. The maximum Gasteiger partial charge on any atom is 0.331 e. The number of nitrogens with zero attached hydrogens (tertiary/aromatic N) is 2. The number of rotatable bonds is 6. The zero-order chi connectivity index (χ0) is 19.3. The summed E-state index contributed by atoms with van der Waals surface area (Å²) in [7, 11) is 1.36. The van der Waals surface area contributed by atoms with Gasteiger partial charge in [-0.15, -0.1) is 10.2 Å². The topological polar surface area (TPSA) is 94.3 Å². The molecular weight excluding hydrogens is 346 g/mol. The zero-order valence-electron chi connectivity index (χ0n) is 15.7. The number of carbonyl (C=O) groups excluding carboxylic acids is 2. The Kier molecular flexibility index (Phi) is 5.88. The van der Waals surface area contributed by atoms with Gasteiger partial charge in [0, 0.05) is 18.4 Å². The number of carbonyl (C=O) groups is 2. The minimum Gasteiger partial charge on any atom is -0.467 e. The van der Waals surface area contributed by atoms with Gasteiger partial charge in [-0.25, -0.2) is 4.79 Å². The molecule has 7 heteroatoms. The number of methoxy groups -OCH3 is 1. The lowest BCUT2D eigenvalue weighted by Gasteiger charge is -2.37. The van der Waals surface area contributed by atoms with Gasteiger partial charge in [0.2, 0.25) is 17.7 Å². The number of hydrogen-bond acceptors (Lipinski definition) is 6. The molecule has 27 heavy (non-hydrogen) atoms. The molecule has 2 aromatic rings. The van der Waals surface area contributed by atoms with Crippen LogP contribution < -0.4 is 5.32 Å². The first-order valence-corrected chi connectivity index (χ1v) is 9.29.